The predicted octanol–water partition coefficient (Wildman–Crippen LogP) is 3.62. The third kappa shape index (κ3) is 2.01. The topological polar surface area (TPSA) is 42.2 Å². The molecule has 3 heteroatoms. The molecule has 0 saturated heterocycles. The highest BCUT2D eigenvalue weighted by molar-refractivity contribution is 5.96. The molecule has 0 radical (unpaired) electrons. The van der Waals surface area contributed by atoms with Gasteiger partial charge in [-0.15, -0.1) is 0 Å². The predicted molar refractivity (Wildman–Crippen MR) is 73.3 cm³/mol. The maximum absolute atomic E-state index is 11.2. The third-order valence-corrected chi connectivity index (χ3v) is 3.40. The van der Waals surface area contributed by atoms with Gasteiger partial charge in [-0.25, -0.2) is 4.79 Å². The molecule has 1 heterocycles. The molecular weight excluding hydrogens is 226 g/mol. The zero-order valence-electron chi connectivity index (χ0n) is 11.2. The number of benzene rings is 1. The summed E-state index contributed by atoms with van der Waals surface area (Å²) in [5.74, 6) is -0.852. The van der Waals surface area contributed by atoms with E-state index < -0.39 is 5.97 Å². The summed E-state index contributed by atoms with van der Waals surface area (Å²) >= 11 is 0. The Morgan fingerprint density at radius 1 is 1.33 bits per heavy atom. The van der Waals surface area contributed by atoms with Gasteiger partial charge in [0.2, 0.25) is 0 Å². The Bertz CT molecular complexity index is 596. The molecule has 3 nitrogen and oxygen atoms in total. The molecule has 96 valence electrons. The van der Waals surface area contributed by atoms with Crippen LogP contribution in [0.4, 0.5) is 0 Å². The van der Waals surface area contributed by atoms with Crippen LogP contribution in [0.15, 0.2) is 18.3 Å². The summed E-state index contributed by atoms with van der Waals surface area (Å²) in [6.07, 6.45) is 4.29. The number of nitrogens with zero attached hydrogens (tertiary/aromatic N) is 1. The van der Waals surface area contributed by atoms with Crippen molar-refractivity contribution < 1.29 is 9.90 Å². The van der Waals surface area contributed by atoms with Crippen LogP contribution in [0.3, 0.4) is 0 Å². The van der Waals surface area contributed by atoms with Crippen LogP contribution in [0, 0.1) is 6.92 Å². The Morgan fingerprint density at radius 3 is 2.61 bits per heavy atom. The molecule has 0 atom stereocenters. The van der Waals surface area contributed by atoms with Crippen molar-refractivity contribution in [3.05, 3.63) is 35.0 Å². The average Bonchev–Trinajstić information content (AvgIpc) is 2.66. The maximum Gasteiger partial charge on any atom is 0.336 e. The molecule has 2 rings (SSSR count). The quantitative estimate of drug-likeness (QED) is 0.893. The minimum Gasteiger partial charge on any atom is -0.478 e. The Labute approximate surface area is 107 Å². The van der Waals surface area contributed by atoms with Gasteiger partial charge in [0.1, 0.15) is 0 Å². The number of aryl methyl sites for hydroxylation is 3. The van der Waals surface area contributed by atoms with Gasteiger partial charge in [0.05, 0.1) is 5.56 Å². The van der Waals surface area contributed by atoms with Gasteiger partial charge in [0.15, 0.2) is 0 Å². The standard InChI is InChI=1S/C15H19NO2/c1-4-6-11-9-16(5-2)14-8-12(15(17)18)10(3)7-13(11)14/h7-9H,4-6H2,1-3H3,(H,17,18). The van der Waals surface area contributed by atoms with Crippen molar-refractivity contribution in [1.82, 2.24) is 4.57 Å². The van der Waals surface area contributed by atoms with Crippen LogP contribution < -0.4 is 0 Å². The monoisotopic (exact) mass is 245 g/mol. The Hall–Kier alpha value is -1.77. The number of rotatable bonds is 4. The molecule has 1 aromatic heterocycles. The van der Waals surface area contributed by atoms with Gasteiger partial charge in [0.25, 0.3) is 0 Å². The van der Waals surface area contributed by atoms with Gasteiger partial charge >= 0.3 is 5.97 Å². The van der Waals surface area contributed by atoms with E-state index in [4.69, 9.17) is 0 Å². The smallest absolute Gasteiger partial charge is 0.336 e. The molecule has 0 spiro atoms. The molecule has 0 fully saturated rings. The first kappa shape index (κ1) is 12.7. The number of carbonyl (C=O) groups is 1. The summed E-state index contributed by atoms with van der Waals surface area (Å²) in [5.41, 5.74) is 3.58. The lowest BCUT2D eigenvalue weighted by Gasteiger charge is -2.05. The maximum atomic E-state index is 11.2. The molecule has 0 unspecified atom stereocenters. The van der Waals surface area contributed by atoms with Crippen LogP contribution in [0.5, 0.6) is 0 Å². The molecule has 1 aromatic carbocycles. The van der Waals surface area contributed by atoms with E-state index in [1.165, 1.54) is 10.9 Å². The van der Waals surface area contributed by atoms with Crippen molar-refractivity contribution >= 4 is 16.9 Å². The highest BCUT2D eigenvalue weighted by Gasteiger charge is 2.13. The summed E-state index contributed by atoms with van der Waals surface area (Å²) in [6, 6.07) is 3.81. The fourth-order valence-electron chi connectivity index (χ4n) is 2.48. The van der Waals surface area contributed by atoms with E-state index in [1.807, 2.05) is 13.0 Å². The number of hydrogen-bond acceptors (Lipinski definition) is 1. The number of aromatic nitrogens is 1. The van der Waals surface area contributed by atoms with Crippen LogP contribution in [0.25, 0.3) is 10.9 Å². The molecule has 0 aliphatic rings. The molecule has 2 aromatic rings. The molecule has 1 N–H and O–H groups in total. The summed E-state index contributed by atoms with van der Waals surface area (Å²) < 4.78 is 2.13. The second kappa shape index (κ2) is 4.84. The zero-order valence-corrected chi connectivity index (χ0v) is 11.2. The first-order valence-electron chi connectivity index (χ1n) is 6.44. The van der Waals surface area contributed by atoms with Crippen LogP contribution >= 0.6 is 0 Å². The fraction of sp³-hybridized carbons (Fsp3) is 0.400. The molecule has 0 bridgehead atoms. The van der Waals surface area contributed by atoms with Crippen molar-refractivity contribution in [3.63, 3.8) is 0 Å². The van der Waals surface area contributed by atoms with Crippen molar-refractivity contribution in [2.75, 3.05) is 0 Å². The summed E-state index contributed by atoms with van der Waals surface area (Å²) in [5, 5.41) is 10.4. The first-order chi connectivity index (χ1) is 8.58. The van der Waals surface area contributed by atoms with Gasteiger partial charge < -0.3 is 9.67 Å². The van der Waals surface area contributed by atoms with Gasteiger partial charge in [-0.05, 0) is 43.5 Å². The number of carboxylic acids is 1. The Balaban J connectivity index is 2.72. The van der Waals surface area contributed by atoms with Crippen molar-refractivity contribution in [3.8, 4) is 0 Å². The number of carboxylic acid groups (broad SMARTS) is 1. The van der Waals surface area contributed by atoms with E-state index in [0.717, 1.165) is 30.5 Å². The normalized spacial score (nSPS) is 11.1. The highest BCUT2D eigenvalue weighted by atomic mass is 16.4. The van der Waals surface area contributed by atoms with Crippen molar-refractivity contribution in [2.45, 2.75) is 40.2 Å². The summed E-state index contributed by atoms with van der Waals surface area (Å²) in [7, 11) is 0. The molecule has 0 saturated carbocycles. The summed E-state index contributed by atoms with van der Waals surface area (Å²) in [4.78, 5) is 11.2. The Kier molecular flexibility index (Phi) is 3.41. The van der Waals surface area contributed by atoms with Gasteiger partial charge in [-0.1, -0.05) is 13.3 Å². The van der Waals surface area contributed by atoms with Gasteiger partial charge in [0, 0.05) is 23.6 Å². The first-order valence-corrected chi connectivity index (χ1v) is 6.44. The molecular formula is C15H19NO2. The van der Waals surface area contributed by atoms with Crippen LogP contribution in [0.1, 0.15) is 41.8 Å². The highest BCUT2D eigenvalue weighted by Crippen LogP contribution is 2.26. The molecule has 18 heavy (non-hydrogen) atoms. The SMILES string of the molecule is CCCc1cn(CC)c2cc(C(=O)O)c(C)cc12. The largest absolute Gasteiger partial charge is 0.478 e. The van der Waals surface area contributed by atoms with E-state index in [-0.39, 0.29) is 0 Å². The number of hydrogen-bond donors (Lipinski definition) is 1. The minimum atomic E-state index is -0.852. The number of fused-ring (bicyclic) bond motifs is 1. The van der Waals surface area contributed by atoms with E-state index in [9.17, 15) is 9.90 Å². The van der Waals surface area contributed by atoms with Crippen LogP contribution in [0.2, 0.25) is 0 Å². The lowest BCUT2D eigenvalue weighted by molar-refractivity contribution is 0.0696. The fourth-order valence-corrected chi connectivity index (χ4v) is 2.48. The number of aromatic carboxylic acids is 1. The third-order valence-electron chi connectivity index (χ3n) is 3.40. The van der Waals surface area contributed by atoms with Gasteiger partial charge in [-0.2, -0.15) is 0 Å². The molecule has 0 aliphatic heterocycles. The van der Waals surface area contributed by atoms with E-state index in [2.05, 4.69) is 24.6 Å². The van der Waals surface area contributed by atoms with Crippen LogP contribution in [-0.2, 0) is 13.0 Å². The summed E-state index contributed by atoms with van der Waals surface area (Å²) in [6.45, 7) is 6.97. The van der Waals surface area contributed by atoms with Gasteiger partial charge in [-0.3, -0.25) is 0 Å². The minimum absolute atomic E-state index is 0.401. The average molecular weight is 245 g/mol. The van der Waals surface area contributed by atoms with E-state index in [0.29, 0.717) is 5.56 Å². The molecule has 0 aliphatic carbocycles. The van der Waals surface area contributed by atoms with E-state index in [1.54, 1.807) is 6.07 Å². The zero-order chi connectivity index (χ0) is 13.3. The Morgan fingerprint density at radius 2 is 2.06 bits per heavy atom. The second-order valence-electron chi connectivity index (χ2n) is 4.68. The lowest BCUT2D eigenvalue weighted by atomic mass is 10.0. The second-order valence-corrected chi connectivity index (χ2v) is 4.68. The van der Waals surface area contributed by atoms with Crippen LogP contribution in [-0.4, -0.2) is 15.6 Å². The lowest BCUT2D eigenvalue weighted by Crippen LogP contribution is -2.00. The van der Waals surface area contributed by atoms with E-state index >= 15 is 0 Å². The molecule has 0 amide bonds. The van der Waals surface area contributed by atoms with Crippen molar-refractivity contribution in [2.24, 2.45) is 0 Å². The van der Waals surface area contributed by atoms with Crippen molar-refractivity contribution in [1.29, 1.82) is 0 Å².